The number of hydrogen-bond acceptors (Lipinski definition) is 2. The molecule has 34 heavy (non-hydrogen) atoms. The van der Waals surface area contributed by atoms with E-state index in [9.17, 15) is 31.1 Å². The van der Waals surface area contributed by atoms with Gasteiger partial charge in [0.2, 0.25) is 5.91 Å². The number of carbonyl (C=O) groups is 1. The molecular formula is C22H19Cl3F6N2O. The first kappa shape index (κ1) is 26.8. The molecule has 1 atom stereocenters. The van der Waals surface area contributed by atoms with Crippen LogP contribution in [0.1, 0.15) is 36.5 Å². The summed E-state index contributed by atoms with van der Waals surface area (Å²) in [6.07, 6.45) is -9.81. The summed E-state index contributed by atoms with van der Waals surface area (Å²) in [6, 6.07) is 5.47. The fourth-order valence-electron chi connectivity index (χ4n) is 3.99. The van der Waals surface area contributed by atoms with Gasteiger partial charge < -0.3 is 10.2 Å². The van der Waals surface area contributed by atoms with Gasteiger partial charge in [0.25, 0.3) is 0 Å². The van der Waals surface area contributed by atoms with Crippen molar-refractivity contribution >= 4 is 46.4 Å². The monoisotopic (exact) mass is 546 g/mol. The Morgan fingerprint density at radius 2 is 1.68 bits per heavy atom. The van der Waals surface area contributed by atoms with Crippen LogP contribution in [0.3, 0.4) is 0 Å². The Labute approximate surface area is 207 Å². The van der Waals surface area contributed by atoms with Crippen LogP contribution in [-0.2, 0) is 22.9 Å². The van der Waals surface area contributed by atoms with E-state index >= 15 is 0 Å². The molecule has 0 spiro atoms. The minimum Gasteiger partial charge on any atom is -0.370 e. The molecule has 3 rings (SSSR count). The number of rotatable bonds is 5. The van der Waals surface area contributed by atoms with Crippen molar-refractivity contribution in [2.24, 2.45) is 0 Å². The van der Waals surface area contributed by atoms with Crippen molar-refractivity contribution in [2.45, 2.75) is 44.1 Å². The van der Waals surface area contributed by atoms with Gasteiger partial charge >= 0.3 is 12.4 Å². The van der Waals surface area contributed by atoms with Crippen molar-refractivity contribution in [1.82, 2.24) is 5.32 Å². The zero-order valence-corrected chi connectivity index (χ0v) is 19.9. The normalized spacial score (nSPS) is 18.9. The summed E-state index contributed by atoms with van der Waals surface area (Å²) in [4.78, 5) is 12.7. The van der Waals surface area contributed by atoms with Crippen LogP contribution in [0.2, 0.25) is 15.1 Å². The number of halogens is 9. The molecule has 1 heterocycles. The SMILES string of the molecule is CCC(=O)NCc1ccc(N2CCC(c3cc(Cl)c(Cl)c(Cl)c3)(C(F)(F)F)C2)cc1C(F)(F)F. The Bertz CT molecular complexity index is 1070. The van der Waals surface area contributed by atoms with E-state index in [2.05, 4.69) is 5.32 Å². The number of nitrogens with zero attached hydrogens (tertiary/aromatic N) is 1. The number of nitrogens with one attached hydrogen (secondary N) is 1. The molecule has 0 aliphatic carbocycles. The summed E-state index contributed by atoms with van der Waals surface area (Å²) in [7, 11) is 0. The van der Waals surface area contributed by atoms with Crippen molar-refractivity contribution in [1.29, 1.82) is 0 Å². The summed E-state index contributed by atoms with van der Waals surface area (Å²) in [5.74, 6) is -0.424. The lowest BCUT2D eigenvalue weighted by Crippen LogP contribution is -2.45. The van der Waals surface area contributed by atoms with Crippen LogP contribution in [0.4, 0.5) is 32.0 Å². The molecule has 2 aromatic carbocycles. The third-order valence-electron chi connectivity index (χ3n) is 5.91. The Hall–Kier alpha value is -1.84. The fourth-order valence-corrected chi connectivity index (χ4v) is 4.59. The summed E-state index contributed by atoms with van der Waals surface area (Å²) in [5.41, 5.74) is -3.84. The van der Waals surface area contributed by atoms with E-state index in [4.69, 9.17) is 34.8 Å². The molecule has 1 aliphatic rings. The van der Waals surface area contributed by atoms with Gasteiger partial charge in [0.15, 0.2) is 0 Å². The van der Waals surface area contributed by atoms with Gasteiger partial charge in [0.1, 0.15) is 5.41 Å². The van der Waals surface area contributed by atoms with E-state index in [1.54, 1.807) is 6.92 Å². The average molecular weight is 548 g/mol. The second-order valence-electron chi connectivity index (χ2n) is 7.97. The van der Waals surface area contributed by atoms with Gasteiger partial charge in [-0.2, -0.15) is 26.3 Å². The summed E-state index contributed by atoms with van der Waals surface area (Å²) >= 11 is 17.8. The topological polar surface area (TPSA) is 32.3 Å². The summed E-state index contributed by atoms with van der Waals surface area (Å²) < 4.78 is 84.1. The molecule has 12 heteroatoms. The quantitative estimate of drug-likeness (QED) is 0.312. The van der Waals surface area contributed by atoms with Gasteiger partial charge in [-0.15, -0.1) is 0 Å². The lowest BCUT2D eigenvalue weighted by molar-refractivity contribution is -0.184. The highest BCUT2D eigenvalue weighted by Crippen LogP contribution is 2.50. The number of anilines is 1. The molecule has 0 aromatic heterocycles. The largest absolute Gasteiger partial charge is 0.416 e. The third-order valence-corrected chi connectivity index (χ3v) is 7.11. The molecule has 1 amide bonds. The molecule has 0 bridgehead atoms. The number of alkyl halides is 6. The van der Waals surface area contributed by atoms with Crippen molar-refractivity contribution in [3.63, 3.8) is 0 Å². The molecule has 1 aliphatic heterocycles. The molecule has 1 fully saturated rings. The van der Waals surface area contributed by atoms with Crippen molar-refractivity contribution < 1.29 is 31.1 Å². The van der Waals surface area contributed by atoms with Crippen molar-refractivity contribution in [3.05, 3.63) is 62.1 Å². The molecule has 1 N–H and O–H groups in total. The Balaban J connectivity index is 1.99. The Morgan fingerprint density at radius 1 is 1.06 bits per heavy atom. The fraction of sp³-hybridized carbons (Fsp3) is 0.409. The molecule has 0 saturated carbocycles. The maximum atomic E-state index is 14.3. The van der Waals surface area contributed by atoms with Crippen molar-refractivity contribution in [3.8, 4) is 0 Å². The van der Waals surface area contributed by atoms with E-state index in [-0.39, 0.29) is 51.4 Å². The Morgan fingerprint density at radius 3 is 2.21 bits per heavy atom. The number of hydrogen-bond donors (Lipinski definition) is 1. The smallest absolute Gasteiger partial charge is 0.370 e. The van der Waals surface area contributed by atoms with Crippen LogP contribution in [-0.4, -0.2) is 25.2 Å². The highest BCUT2D eigenvalue weighted by atomic mass is 35.5. The van der Waals surface area contributed by atoms with E-state index in [1.165, 1.54) is 11.0 Å². The third kappa shape index (κ3) is 5.21. The predicted molar refractivity (Wildman–Crippen MR) is 120 cm³/mol. The summed E-state index contributed by atoms with van der Waals surface area (Å²) in [5, 5.41) is 2.00. The molecule has 3 nitrogen and oxygen atoms in total. The van der Waals surface area contributed by atoms with Crippen LogP contribution in [0.5, 0.6) is 0 Å². The number of carbonyl (C=O) groups excluding carboxylic acids is 1. The number of amides is 1. The minimum atomic E-state index is -4.76. The van der Waals surface area contributed by atoms with Crippen molar-refractivity contribution in [2.75, 3.05) is 18.0 Å². The maximum absolute atomic E-state index is 14.3. The van der Waals surface area contributed by atoms with Gasteiger partial charge in [-0.1, -0.05) is 47.8 Å². The highest BCUT2D eigenvalue weighted by molar-refractivity contribution is 6.48. The molecule has 1 saturated heterocycles. The lowest BCUT2D eigenvalue weighted by Gasteiger charge is -2.33. The minimum absolute atomic E-state index is 0.0184. The number of benzene rings is 2. The van der Waals surface area contributed by atoms with Crippen LogP contribution in [0, 0.1) is 0 Å². The van der Waals surface area contributed by atoms with E-state index in [0.717, 1.165) is 24.3 Å². The van der Waals surface area contributed by atoms with Crippen LogP contribution < -0.4 is 10.2 Å². The summed E-state index contributed by atoms with van der Waals surface area (Å²) in [6.45, 7) is 0.426. The molecular weight excluding hydrogens is 529 g/mol. The molecule has 186 valence electrons. The average Bonchev–Trinajstić information content (AvgIpc) is 3.21. The van der Waals surface area contributed by atoms with Gasteiger partial charge in [-0.25, -0.2) is 0 Å². The van der Waals surface area contributed by atoms with E-state index in [1.807, 2.05) is 0 Å². The van der Waals surface area contributed by atoms with Crippen LogP contribution in [0.15, 0.2) is 30.3 Å². The van der Waals surface area contributed by atoms with E-state index < -0.39 is 42.2 Å². The zero-order chi connectivity index (χ0) is 25.5. The standard InChI is InChI=1S/C22H19Cl3F6N2O/c1-2-18(34)32-10-12-3-4-14(9-15(12)21(26,27)28)33-6-5-20(11-33,22(29,30)31)13-7-16(23)19(25)17(24)8-13/h3-4,7-9H,2,5-6,10-11H2,1H3,(H,32,34). The molecule has 2 aromatic rings. The van der Waals surface area contributed by atoms with Crippen LogP contribution in [0.25, 0.3) is 0 Å². The predicted octanol–water partition coefficient (Wildman–Crippen LogP) is 7.40. The first-order valence-electron chi connectivity index (χ1n) is 10.1. The van der Waals surface area contributed by atoms with Crippen LogP contribution >= 0.6 is 34.8 Å². The maximum Gasteiger partial charge on any atom is 0.416 e. The Kier molecular flexibility index (Phi) is 7.60. The van der Waals surface area contributed by atoms with Gasteiger partial charge in [0, 0.05) is 31.7 Å². The van der Waals surface area contributed by atoms with Gasteiger partial charge in [0.05, 0.1) is 20.6 Å². The second-order valence-corrected chi connectivity index (χ2v) is 9.17. The zero-order valence-electron chi connectivity index (χ0n) is 17.7. The molecule has 1 unspecified atom stereocenters. The highest BCUT2D eigenvalue weighted by Gasteiger charge is 2.59. The molecule has 0 radical (unpaired) electrons. The second kappa shape index (κ2) is 9.66. The first-order valence-corrected chi connectivity index (χ1v) is 11.3. The van der Waals surface area contributed by atoms with Gasteiger partial charge in [-0.3, -0.25) is 4.79 Å². The first-order chi connectivity index (χ1) is 15.7. The van der Waals surface area contributed by atoms with E-state index in [0.29, 0.717) is 0 Å². The lowest BCUT2D eigenvalue weighted by atomic mass is 9.79. The van der Waals surface area contributed by atoms with Gasteiger partial charge in [-0.05, 0) is 41.8 Å².